The number of pyridine rings is 1. The van der Waals surface area contributed by atoms with Crippen molar-refractivity contribution in [1.29, 1.82) is 0 Å². The molecule has 5 heteroatoms. The number of aliphatic hydroxyl groups excluding tert-OH is 1. The predicted octanol–water partition coefficient (Wildman–Crippen LogP) is 2.21. The minimum Gasteiger partial charge on any atom is -0.393 e. The predicted molar refractivity (Wildman–Crippen MR) is 80.2 cm³/mol. The molecule has 2 heterocycles. The van der Waals surface area contributed by atoms with Crippen LogP contribution in [0, 0.1) is 0 Å². The summed E-state index contributed by atoms with van der Waals surface area (Å²) >= 11 is 5.96. The number of β-amino-alcohol motifs (C(OH)–C–C–N with tert-alkyl or cyclic N) is 1. The van der Waals surface area contributed by atoms with E-state index >= 15 is 0 Å². The van der Waals surface area contributed by atoms with Crippen molar-refractivity contribution in [1.82, 2.24) is 4.98 Å². The van der Waals surface area contributed by atoms with Gasteiger partial charge in [-0.25, -0.2) is 4.98 Å². The van der Waals surface area contributed by atoms with Crippen LogP contribution in [-0.2, 0) is 0 Å². The second-order valence-corrected chi connectivity index (χ2v) is 5.85. The van der Waals surface area contributed by atoms with Gasteiger partial charge in [-0.1, -0.05) is 11.6 Å². The first kappa shape index (κ1) is 13.6. The summed E-state index contributed by atoms with van der Waals surface area (Å²) in [7, 11) is 0. The highest BCUT2D eigenvalue weighted by molar-refractivity contribution is 6.31. The van der Waals surface area contributed by atoms with Crippen molar-refractivity contribution >= 4 is 28.3 Å². The first-order valence-corrected chi connectivity index (χ1v) is 7.12. The van der Waals surface area contributed by atoms with Gasteiger partial charge in [0, 0.05) is 17.0 Å². The Hall–Kier alpha value is -1.36. The Labute approximate surface area is 122 Å². The number of halogens is 1. The lowest BCUT2D eigenvalue weighted by molar-refractivity contribution is -0.0242. The van der Waals surface area contributed by atoms with E-state index in [1.807, 2.05) is 35.2 Å². The first-order valence-electron chi connectivity index (χ1n) is 6.74. The molecular formula is C15H17ClN2O2. The van der Waals surface area contributed by atoms with E-state index in [4.69, 9.17) is 11.6 Å². The number of piperidine rings is 1. The summed E-state index contributed by atoms with van der Waals surface area (Å²) in [6, 6.07) is 9.51. The average Bonchev–Trinajstić information content (AvgIpc) is 2.47. The molecule has 0 aliphatic carbocycles. The fourth-order valence-electron chi connectivity index (χ4n) is 2.70. The zero-order valence-electron chi connectivity index (χ0n) is 11.1. The summed E-state index contributed by atoms with van der Waals surface area (Å²) in [6.45, 7) is 1.04. The van der Waals surface area contributed by atoms with Gasteiger partial charge in [-0.05, 0) is 43.2 Å². The van der Waals surface area contributed by atoms with Crippen LogP contribution in [0.3, 0.4) is 0 Å². The summed E-state index contributed by atoms with van der Waals surface area (Å²) in [4.78, 5) is 6.64. The molecule has 1 aromatic heterocycles. The molecule has 2 N–H and O–H groups in total. The molecule has 0 saturated carbocycles. The molecule has 1 saturated heterocycles. The molecule has 0 bridgehead atoms. The van der Waals surface area contributed by atoms with Crippen LogP contribution < -0.4 is 4.90 Å². The molecule has 1 aliphatic heterocycles. The molecular weight excluding hydrogens is 276 g/mol. The van der Waals surface area contributed by atoms with Gasteiger partial charge in [0.15, 0.2) is 0 Å². The smallest absolute Gasteiger partial charge is 0.129 e. The van der Waals surface area contributed by atoms with Crippen molar-refractivity contribution in [2.45, 2.75) is 18.4 Å². The van der Waals surface area contributed by atoms with Gasteiger partial charge in [0.1, 0.15) is 11.4 Å². The number of rotatable bonds is 2. The van der Waals surface area contributed by atoms with Crippen LogP contribution in [0.1, 0.15) is 12.8 Å². The molecule has 2 aromatic rings. The van der Waals surface area contributed by atoms with Gasteiger partial charge in [0.2, 0.25) is 0 Å². The molecule has 1 fully saturated rings. The highest BCUT2D eigenvalue weighted by atomic mass is 35.5. The number of aromatic nitrogens is 1. The summed E-state index contributed by atoms with van der Waals surface area (Å²) < 4.78 is 0. The number of hydrogen-bond donors (Lipinski definition) is 2. The van der Waals surface area contributed by atoms with Gasteiger partial charge in [-0.3, -0.25) is 0 Å². The fraction of sp³-hybridized carbons (Fsp3) is 0.400. The molecule has 1 aliphatic rings. The fourth-order valence-corrected chi connectivity index (χ4v) is 2.88. The summed E-state index contributed by atoms with van der Waals surface area (Å²) in [6.07, 6.45) is 1.47. The standard InChI is InChI=1S/C15H17ClN2O2/c16-12-3-4-13-11(8-12)2-5-14(17-13)18-7-1-6-15(20,9-18)10-19/h2-5,8,19-20H,1,6-7,9-10H2/t15-/m1/s1. The number of hydrogen-bond acceptors (Lipinski definition) is 4. The molecule has 4 nitrogen and oxygen atoms in total. The van der Waals surface area contributed by atoms with Crippen LogP contribution in [0.2, 0.25) is 5.02 Å². The normalized spacial score (nSPS) is 23.2. The van der Waals surface area contributed by atoms with Gasteiger partial charge in [-0.15, -0.1) is 0 Å². The minimum absolute atomic E-state index is 0.216. The molecule has 0 radical (unpaired) electrons. The number of nitrogens with zero attached hydrogens (tertiary/aromatic N) is 2. The lowest BCUT2D eigenvalue weighted by Gasteiger charge is -2.38. The van der Waals surface area contributed by atoms with Gasteiger partial charge < -0.3 is 15.1 Å². The van der Waals surface area contributed by atoms with Crippen molar-refractivity contribution in [3.05, 3.63) is 35.4 Å². The van der Waals surface area contributed by atoms with E-state index in [0.717, 1.165) is 29.7 Å². The van der Waals surface area contributed by atoms with E-state index in [2.05, 4.69) is 4.98 Å². The number of fused-ring (bicyclic) bond motifs is 1. The maximum absolute atomic E-state index is 10.2. The Bertz CT molecular complexity index is 634. The molecule has 20 heavy (non-hydrogen) atoms. The Morgan fingerprint density at radius 3 is 2.95 bits per heavy atom. The van der Waals surface area contributed by atoms with E-state index in [1.54, 1.807) is 0 Å². The maximum atomic E-state index is 10.2. The van der Waals surface area contributed by atoms with E-state index in [0.29, 0.717) is 18.0 Å². The van der Waals surface area contributed by atoms with Crippen LogP contribution in [0.5, 0.6) is 0 Å². The quantitative estimate of drug-likeness (QED) is 0.891. The Kier molecular flexibility index (Phi) is 3.54. The largest absolute Gasteiger partial charge is 0.393 e. The monoisotopic (exact) mass is 292 g/mol. The first-order chi connectivity index (χ1) is 9.59. The van der Waals surface area contributed by atoms with Crippen molar-refractivity contribution in [2.24, 2.45) is 0 Å². The number of aliphatic hydroxyl groups is 2. The molecule has 0 amide bonds. The van der Waals surface area contributed by atoms with Crippen LogP contribution in [0.15, 0.2) is 30.3 Å². The third-order valence-corrected chi connectivity index (χ3v) is 4.05. The van der Waals surface area contributed by atoms with Crippen LogP contribution in [0.25, 0.3) is 10.9 Å². The van der Waals surface area contributed by atoms with Gasteiger partial charge in [-0.2, -0.15) is 0 Å². The zero-order valence-corrected chi connectivity index (χ0v) is 11.8. The van der Waals surface area contributed by atoms with E-state index < -0.39 is 5.60 Å². The summed E-state index contributed by atoms with van der Waals surface area (Å²) in [5, 5.41) is 21.2. The molecule has 1 aromatic carbocycles. The molecule has 0 spiro atoms. The second-order valence-electron chi connectivity index (χ2n) is 5.41. The summed E-state index contributed by atoms with van der Waals surface area (Å²) in [5.41, 5.74) is -0.139. The molecule has 1 atom stereocenters. The van der Waals surface area contributed by atoms with Gasteiger partial charge >= 0.3 is 0 Å². The third kappa shape index (κ3) is 2.59. The van der Waals surface area contributed by atoms with E-state index in [1.165, 1.54) is 0 Å². The van der Waals surface area contributed by atoms with E-state index in [-0.39, 0.29) is 6.61 Å². The third-order valence-electron chi connectivity index (χ3n) is 3.81. The Balaban J connectivity index is 1.92. The van der Waals surface area contributed by atoms with Crippen molar-refractivity contribution < 1.29 is 10.2 Å². The molecule has 3 rings (SSSR count). The highest BCUT2D eigenvalue weighted by Gasteiger charge is 2.33. The van der Waals surface area contributed by atoms with Crippen LogP contribution >= 0.6 is 11.6 Å². The highest BCUT2D eigenvalue weighted by Crippen LogP contribution is 2.27. The maximum Gasteiger partial charge on any atom is 0.129 e. The zero-order chi connectivity index (χ0) is 14.2. The van der Waals surface area contributed by atoms with Crippen LogP contribution in [-0.4, -0.2) is 40.5 Å². The van der Waals surface area contributed by atoms with Crippen molar-refractivity contribution in [3.8, 4) is 0 Å². The minimum atomic E-state index is -1.02. The number of benzene rings is 1. The average molecular weight is 293 g/mol. The lowest BCUT2D eigenvalue weighted by atomic mass is 9.94. The van der Waals surface area contributed by atoms with Crippen molar-refractivity contribution in [3.63, 3.8) is 0 Å². The Morgan fingerprint density at radius 2 is 2.15 bits per heavy atom. The second kappa shape index (κ2) is 5.20. The SMILES string of the molecule is OC[C@@]1(O)CCCN(c2ccc3cc(Cl)ccc3n2)C1. The Morgan fingerprint density at radius 1 is 1.30 bits per heavy atom. The summed E-state index contributed by atoms with van der Waals surface area (Å²) in [5.74, 6) is 0.825. The van der Waals surface area contributed by atoms with Crippen LogP contribution in [0.4, 0.5) is 5.82 Å². The van der Waals surface area contributed by atoms with E-state index in [9.17, 15) is 10.2 Å². The number of anilines is 1. The van der Waals surface area contributed by atoms with Gasteiger partial charge in [0.05, 0.1) is 18.7 Å². The topological polar surface area (TPSA) is 56.6 Å². The molecule has 0 unspecified atom stereocenters. The molecule has 106 valence electrons. The lowest BCUT2D eigenvalue weighted by Crippen LogP contribution is -2.50. The van der Waals surface area contributed by atoms with Crippen molar-refractivity contribution in [2.75, 3.05) is 24.6 Å². The van der Waals surface area contributed by atoms with Gasteiger partial charge in [0.25, 0.3) is 0 Å².